The molecule has 1 amide bonds. The van der Waals surface area contributed by atoms with E-state index in [0.717, 1.165) is 22.7 Å². The largest absolute Gasteiger partial charge is 0.379 e. The molecule has 0 fully saturated rings. The van der Waals surface area contributed by atoms with E-state index in [0.29, 0.717) is 0 Å². The first-order valence-electron chi connectivity index (χ1n) is 6.96. The molecule has 1 aromatic carbocycles. The van der Waals surface area contributed by atoms with Crippen LogP contribution in [0.25, 0.3) is 5.70 Å². The van der Waals surface area contributed by atoms with Crippen LogP contribution in [-0.4, -0.2) is 11.4 Å². The standard InChI is InChI=1S/C17H18N2OS/c1-17(2)11-12-6-3-4-7-13(12)14(19-17)10-15(20)18-16-8-5-9-21-16/h3-10,19H,11H2,1-2H3,(H,18,20). The Bertz CT molecular complexity index is 687. The number of nitrogens with one attached hydrogen (secondary N) is 2. The van der Waals surface area contributed by atoms with Crippen LogP contribution in [0.4, 0.5) is 5.00 Å². The number of hydrogen-bond acceptors (Lipinski definition) is 3. The van der Waals surface area contributed by atoms with Crippen LogP contribution in [0.2, 0.25) is 0 Å². The van der Waals surface area contributed by atoms with Crippen LogP contribution in [0.15, 0.2) is 47.9 Å². The van der Waals surface area contributed by atoms with Gasteiger partial charge in [-0.15, -0.1) is 11.3 Å². The summed E-state index contributed by atoms with van der Waals surface area (Å²) in [5.74, 6) is -0.104. The SMILES string of the molecule is CC1(C)Cc2ccccc2C(=CC(=O)Nc2cccs2)N1. The van der Waals surface area contributed by atoms with Gasteiger partial charge >= 0.3 is 0 Å². The highest BCUT2D eigenvalue weighted by Crippen LogP contribution is 2.29. The van der Waals surface area contributed by atoms with E-state index in [2.05, 4.69) is 36.6 Å². The van der Waals surface area contributed by atoms with Crippen molar-refractivity contribution in [3.63, 3.8) is 0 Å². The molecule has 0 aliphatic carbocycles. The molecule has 4 heteroatoms. The molecule has 1 aromatic heterocycles. The fourth-order valence-corrected chi connectivity index (χ4v) is 3.26. The van der Waals surface area contributed by atoms with Crippen LogP contribution in [0.1, 0.15) is 25.0 Å². The van der Waals surface area contributed by atoms with Crippen LogP contribution in [-0.2, 0) is 11.2 Å². The molecule has 1 aliphatic heterocycles. The summed E-state index contributed by atoms with van der Waals surface area (Å²) in [5.41, 5.74) is 3.22. The quantitative estimate of drug-likeness (QED) is 0.831. The van der Waals surface area contributed by atoms with Crippen LogP contribution in [0.3, 0.4) is 0 Å². The molecule has 0 atom stereocenters. The van der Waals surface area contributed by atoms with Crippen molar-refractivity contribution in [2.24, 2.45) is 0 Å². The minimum Gasteiger partial charge on any atom is -0.379 e. The van der Waals surface area contributed by atoms with Crippen LogP contribution in [0, 0.1) is 0 Å². The Labute approximate surface area is 128 Å². The van der Waals surface area contributed by atoms with Gasteiger partial charge in [0.2, 0.25) is 0 Å². The Morgan fingerprint density at radius 2 is 2.10 bits per heavy atom. The number of carbonyl (C=O) groups excluding carboxylic acids is 1. The molecule has 3 nitrogen and oxygen atoms in total. The number of thiophene rings is 1. The molecular formula is C17H18N2OS. The van der Waals surface area contributed by atoms with Crippen molar-refractivity contribution in [1.82, 2.24) is 5.32 Å². The lowest BCUT2D eigenvalue weighted by Gasteiger charge is -2.35. The molecule has 21 heavy (non-hydrogen) atoms. The molecular weight excluding hydrogens is 280 g/mol. The van der Waals surface area contributed by atoms with Gasteiger partial charge in [0.05, 0.1) is 5.00 Å². The molecule has 108 valence electrons. The number of benzene rings is 1. The zero-order valence-electron chi connectivity index (χ0n) is 12.1. The summed E-state index contributed by atoms with van der Waals surface area (Å²) in [4.78, 5) is 12.2. The Balaban J connectivity index is 1.90. The van der Waals surface area contributed by atoms with Gasteiger partial charge in [0.25, 0.3) is 5.91 Å². The van der Waals surface area contributed by atoms with Crippen molar-refractivity contribution in [3.05, 3.63) is 59.0 Å². The Kier molecular flexibility index (Phi) is 3.55. The van der Waals surface area contributed by atoms with E-state index in [1.807, 2.05) is 29.6 Å². The van der Waals surface area contributed by atoms with E-state index in [-0.39, 0.29) is 11.4 Å². The predicted molar refractivity (Wildman–Crippen MR) is 88.3 cm³/mol. The van der Waals surface area contributed by atoms with Gasteiger partial charge in [-0.05, 0) is 43.3 Å². The van der Waals surface area contributed by atoms with Crippen molar-refractivity contribution >= 4 is 27.9 Å². The summed E-state index contributed by atoms with van der Waals surface area (Å²) >= 11 is 1.52. The Morgan fingerprint density at radius 3 is 2.86 bits per heavy atom. The van der Waals surface area contributed by atoms with E-state index in [1.165, 1.54) is 16.9 Å². The maximum atomic E-state index is 12.2. The lowest BCUT2D eigenvalue weighted by atomic mass is 9.86. The molecule has 0 unspecified atom stereocenters. The van der Waals surface area contributed by atoms with Crippen molar-refractivity contribution in [1.29, 1.82) is 0 Å². The average molecular weight is 298 g/mol. The van der Waals surface area contributed by atoms with Crippen LogP contribution >= 0.6 is 11.3 Å². The van der Waals surface area contributed by atoms with Crippen LogP contribution < -0.4 is 10.6 Å². The number of amides is 1. The number of carbonyl (C=O) groups is 1. The van der Waals surface area contributed by atoms with Gasteiger partial charge in [0.15, 0.2) is 0 Å². The Hall–Kier alpha value is -2.07. The molecule has 0 saturated carbocycles. The van der Waals surface area contributed by atoms with Gasteiger partial charge < -0.3 is 10.6 Å². The number of fused-ring (bicyclic) bond motifs is 1. The van der Waals surface area contributed by atoms with Gasteiger partial charge in [-0.1, -0.05) is 24.3 Å². The first-order valence-corrected chi connectivity index (χ1v) is 7.84. The zero-order valence-corrected chi connectivity index (χ0v) is 13.0. The molecule has 2 N–H and O–H groups in total. The number of hydrogen-bond donors (Lipinski definition) is 2. The first kappa shape index (κ1) is 13.9. The van der Waals surface area contributed by atoms with E-state index in [1.54, 1.807) is 6.08 Å². The lowest BCUT2D eigenvalue weighted by Crippen LogP contribution is -2.44. The normalized spacial score (nSPS) is 17.9. The average Bonchev–Trinajstić information content (AvgIpc) is 2.90. The summed E-state index contributed by atoms with van der Waals surface area (Å²) in [6, 6.07) is 12.1. The third kappa shape index (κ3) is 3.16. The summed E-state index contributed by atoms with van der Waals surface area (Å²) < 4.78 is 0. The highest BCUT2D eigenvalue weighted by Gasteiger charge is 2.27. The maximum absolute atomic E-state index is 12.2. The van der Waals surface area contributed by atoms with Gasteiger partial charge in [0, 0.05) is 22.9 Å². The van der Waals surface area contributed by atoms with Crippen molar-refractivity contribution in [2.75, 3.05) is 5.32 Å². The number of anilines is 1. The molecule has 2 aromatic rings. The summed E-state index contributed by atoms with van der Waals surface area (Å²) in [6.45, 7) is 4.29. The fraction of sp³-hybridized carbons (Fsp3) is 0.235. The monoisotopic (exact) mass is 298 g/mol. The zero-order chi connectivity index (χ0) is 14.9. The molecule has 3 rings (SSSR count). The second kappa shape index (κ2) is 5.37. The highest BCUT2D eigenvalue weighted by atomic mass is 32.1. The predicted octanol–water partition coefficient (Wildman–Crippen LogP) is 3.65. The van der Waals surface area contributed by atoms with E-state index >= 15 is 0 Å². The third-order valence-electron chi connectivity index (χ3n) is 3.46. The summed E-state index contributed by atoms with van der Waals surface area (Å²) in [7, 11) is 0. The fourth-order valence-electron chi connectivity index (χ4n) is 2.64. The van der Waals surface area contributed by atoms with Gasteiger partial charge in [-0.25, -0.2) is 0 Å². The topological polar surface area (TPSA) is 41.1 Å². The molecule has 0 bridgehead atoms. The second-order valence-electron chi connectivity index (χ2n) is 5.87. The molecule has 0 spiro atoms. The van der Waals surface area contributed by atoms with E-state index in [9.17, 15) is 4.79 Å². The third-order valence-corrected chi connectivity index (χ3v) is 4.24. The summed E-state index contributed by atoms with van der Waals surface area (Å²) in [6.07, 6.45) is 2.60. The first-order chi connectivity index (χ1) is 10.0. The van der Waals surface area contributed by atoms with Gasteiger partial charge in [0.1, 0.15) is 0 Å². The lowest BCUT2D eigenvalue weighted by molar-refractivity contribution is -0.111. The van der Waals surface area contributed by atoms with E-state index < -0.39 is 0 Å². The summed E-state index contributed by atoms with van der Waals surface area (Å²) in [5, 5.41) is 9.16. The smallest absolute Gasteiger partial charge is 0.251 e. The number of rotatable bonds is 2. The molecule has 1 aliphatic rings. The van der Waals surface area contributed by atoms with Crippen molar-refractivity contribution < 1.29 is 4.79 Å². The van der Waals surface area contributed by atoms with E-state index in [4.69, 9.17) is 0 Å². The van der Waals surface area contributed by atoms with Gasteiger partial charge in [-0.2, -0.15) is 0 Å². The Morgan fingerprint density at radius 1 is 1.29 bits per heavy atom. The van der Waals surface area contributed by atoms with Gasteiger partial charge in [-0.3, -0.25) is 4.79 Å². The molecule has 0 saturated heterocycles. The van der Waals surface area contributed by atoms with Crippen LogP contribution in [0.5, 0.6) is 0 Å². The minimum absolute atomic E-state index is 0.0522. The van der Waals surface area contributed by atoms with Crippen molar-refractivity contribution in [2.45, 2.75) is 25.8 Å². The second-order valence-corrected chi connectivity index (χ2v) is 6.82. The highest BCUT2D eigenvalue weighted by molar-refractivity contribution is 7.14. The maximum Gasteiger partial charge on any atom is 0.251 e. The minimum atomic E-state index is -0.104. The molecule has 0 radical (unpaired) electrons. The molecule has 2 heterocycles. The van der Waals surface area contributed by atoms with Crippen molar-refractivity contribution in [3.8, 4) is 0 Å².